The first kappa shape index (κ1) is 12.5. The Hall–Kier alpha value is -1.58. The van der Waals surface area contributed by atoms with Gasteiger partial charge in [0.25, 0.3) is 5.69 Å². The molecule has 1 aromatic rings. The first-order valence-corrected chi connectivity index (χ1v) is 5.34. The Morgan fingerprint density at radius 1 is 1.38 bits per heavy atom. The molecule has 0 saturated heterocycles. The Kier molecular flexibility index (Phi) is 3.21. The lowest BCUT2D eigenvalue weighted by Crippen LogP contribution is -2.13. The molecule has 4 nitrogen and oxygen atoms in total. The van der Waals surface area contributed by atoms with E-state index in [-0.39, 0.29) is 11.1 Å². The van der Waals surface area contributed by atoms with Gasteiger partial charge in [0.05, 0.1) is 4.92 Å². The maximum atomic E-state index is 10.9. The highest BCUT2D eigenvalue weighted by Crippen LogP contribution is 2.33. The zero-order valence-corrected chi connectivity index (χ0v) is 10.2. The summed E-state index contributed by atoms with van der Waals surface area (Å²) in [7, 11) is 0. The third-order valence-corrected chi connectivity index (χ3v) is 2.69. The van der Waals surface area contributed by atoms with Crippen LogP contribution in [0.4, 0.5) is 11.4 Å². The molecule has 4 heteroatoms. The number of rotatable bonds is 2. The van der Waals surface area contributed by atoms with E-state index in [0.29, 0.717) is 12.1 Å². The first-order chi connectivity index (χ1) is 7.27. The van der Waals surface area contributed by atoms with Gasteiger partial charge in [0, 0.05) is 6.07 Å². The quantitative estimate of drug-likeness (QED) is 0.475. The van der Waals surface area contributed by atoms with Crippen molar-refractivity contribution in [1.29, 1.82) is 0 Å². The summed E-state index contributed by atoms with van der Waals surface area (Å²) in [5.74, 6) is 0. The number of hydrogen-bond acceptors (Lipinski definition) is 3. The Morgan fingerprint density at radius 3 is 2.31 bits per heavy atom. The number of nitrogens with zero attached hydrogens (tertiary/aromatic N) is 1. The highest BCUT2D eigenvalue weighted by atomic mass is 16.6. The van der Waals surface area contributed by atoms with Crippen molar-refractivity contribution < 1.29 is 4.92 Å². The van der Waals surface area contributed by atoms with Crippen molar-refractivity contribution in [3.63, 3.8) is 0 Å². The molecule has 0 saturated carbocycles. The van der Waals surface area contributed by atoms with E-state index in [1.54, 1.807) is 6.07 Å². The zero-order chi connectivity index (χ0) is 12.5. The van der Waals surface area contributed by atoms with Crippen molar-refractivity contribution >= 4 is 11.4 Å². The van der Waals surface area contributed by atoms with Crippen LogP contribution >= 0.6 is 0 Å². The summed E-state index contributed by atoms with van der Waals surface area (Å²) in [6.07, 6.45) is 0.705. The molecular formula is C12H18N2O2. The topological polar surface area (TPSA) is 69.2 Å². The van der Waals surface area contributed by atoms with Gasteiger partial charge >= 0.3 is 0 Å². The molecule has 0 amide bonds. The second-order valence-electron chi connectivity index (χ2n) is 4.93. The zero-order valence-electron chi connectivity index (χ0n) is 10.2. The molecule has 1 rings (SSSR count). The number of anilines is 1. The van der Waals surface area contributed by atoms with E-state index < -0.39 is 4.92 Å². The normalized spacial score (nSPS) is 11.5. The molecule has 0 aliphatic carbocycles. The molecule has 88 valence electrons. The molecule has 0 bridgehead atoms. The molecule has 2 N–H and O–H groups in total. The fourth-order valence-electron chi connectivity index (χ4n) is 1.57. The SMILES string of the molecule is CCc1cc(C(C)(C)C)cc([N+](=O)[O-])c1N. The van der Waals surface area contributed by atoms with Crippen LogP contribution in [0.2, 0.25) is 0 Å². The Balaban J connectivity index is 3.46. The average molecular weight is 222 g/mol. The highest BCUT2D eigenvalue weighted by molar-refractivity contribution is 5.65. The van der Waals surface area contributed by atoms with E-state index in [4.69, 9.17) is 5.73 Å². The van der Waals surface area contributed by atoms with Gasteiger partial charge < -0.3 is 5.73 Å². The third kappa shape index (κ3) is 2.32. The predicted octanol–water partition coefficient (Wildman–Crippen LogP) is 3.04. The van der Waals surface area contributed by atoms with Crippen LogP contribution in [0.25, 0.3) is 0 Å². The lowest BCUT2D eigenvalue weighted by Gasteiger charge is -2.20. The molecule has 0 aromatic heterocycles. The van der Waals surface area contributed by atoms with Gasteiger partial charge in [-0.2, -0.15) is 0 Å². The van der Waals surface area contributed by atoms with Crippen LogP contribution in [-0.2, 0) is 11.8 Å². The predicted molar refractivity (Wildman–Crippen MR) is 65.6 cm³/mol. The van der Waals surface area contributed by atoms with E-state index in [0.717, 1.165) is 11.1 Å². The molecule has 0 fully saturated rings. The Morgan fingerprint density at radius 2 is 1.94 bits per heavy atom. The second kappa shape index (κ2) is 4.12. The summed E-state index contributed by atoms with van der Waals surface area (Å²) < 4.78 is 0. The van der Waals surface area contributed by atoms with Gasteiger partial charge in [-0.15, -0.1) is 0 Å². The minimum atomic E-state index is -0.413. The van der Waals surface area contributed by atoms with Crippen molar-refractivity contribution in [3.8, 4) is 0 Å². The van der Waals surface area contributed by atoms with Crippen molar-refractivity contribution in [1.82, 2.24) is 0 Å². The van der Waals surface area contributed by atoms with Crippen LogP contribution in [-0.4, -0.2) is 4.92 Å². The first-order valence-electron chi connectivity index (χ1n) is 5.34. The average Bonchev–Trinajstić information content (AvgIpc) is 2.15. The molecule has 0 aliphatic heterocycles. The van der Waals surface area contributed by atoms with E-state index in [2.05, 4.69) is 0 Å². The molecule has 16 heavy (non-hydrogen) atoms. The number of aryl methyl sites for hydroxylation is 1. The van der Waals surface area contributed by atoms with Gasteiger partial charge in [-0.05, 0) is 23.0 Å². The molecule has 0 atom stereocenters. The number of nitrogen functional groups attached to an aromatic ring is 1. The van der Waals surface area contributed by atoms with Gasteiger partial charge in [-0.3, -0.25) is 10.1 Å². The van der Waals surface area contributed by atoms with Gasteiger partial charge in [0.15, 0.2) is 0 Å². The fraction of sp³-hybridized carbons (Fsp3) is 0.500. The maximum Gasteiger partial charge on any atom is 0.292 e. The molecule has 1 aromatic carbocycles. The van der Waals surface area contributed by atoms with Crippen molar-refractivity contribution in [2.24, 2.45) is 0 Å². The van der Waals surface area contributed by atoms with Crippen LogP contribution in [0.15, 0.2) is 12.1 Å². The van der Waals surface area contributed by atoms with E-state index in [1.807, 2.05) is 33.8 Å². The Bertz CT molecular complexity index is 420. The summed E-state index contributed by atoms with van der Waals surface area (Å²) in [5.41, 5.74) is 7.76. The van der Waals surface area contributed by atoms with Gasteiger partial charge in [0.1, 0.15) is 5.69 Å². The largest absolute Gasteiger partial charge is 0.393 e. The van der Waals surface area contributed by atoms with Crippen LogP contribution in [0.3, 0.4) is 0 Å². The fourth-order valence-corrected chi connectivity index (χ4v) is 1.57. The summed E-state index contributed by atoms with van der Waals surface area (Å²) in [5, 5.41) is 10.9. The highest BCUT2D eigenvalue weighted by Gasteiger charge is 2.22. The van der Waals surface area contributed by atoms with Crippen molar-refractivity contribution in [3.05, 3.63) is 33.4 Å². The number of nitro benzene ring substituents is 1. The number of benzene rings is 1. The van der Waals surface area contributed by atoms with E-state index >= 15 is 0 Å². The summed E-state index contributed by atoms with van der Waals surface area (Å²) >= 11 is 0. The van der Waals surface area contributed by atoms with E-state index in [9.17, 15) is 10.1 Å². The van der Waals surface area contributed by atoms with E-state index in [1.165, 1.54) is 0 Å². The minimum absolute atomic E-state index is 0.0178. The van der Waals surface area contributed by atoms with Gasteiger partial charge in [0.2, 0.25) is 0 Å². The number of nitrogens with two attached hydrogens (primary N) is 1. The monoisotopic (exact) mass is 222 g/mol. The van der Waals surface area contributed by atoms with Crippen LogP contribution in [0, 0.1) is 10.1 Å². The molecule has 0 radical (unpaired) electrons. The number of nitro groups is 1. The molecule has 0 aliphatic rings. The van der Waals surface area contributed by atoms with Crippen LogP contribution in [0.5, 0.6) is 0 Å². The third-order valence-electron chi connectivity index (χ3n) is 2.69. The molecule has 0 spiro atoms. The Labute approximate surface area is 95.6 Å². The second-order valence-corrected chi connectivity index (χ2v) is 4.93. The van der Waals surface area contributed by atoms with Crippen LogP contribution < -0.4 is 5.73 Å². The smallest absolute Gasteiger partial charge is 0.292 e. The van der Waals surface area contributed by atoms with Crippen molar-refractivity contribution in [2.75, 3.05) is 5.73 Å². The van der Waals surface area contributed by atoms with Gasteiger partial charge in [-0.1, -0.05) is 33.8 Å². The summed E-state index contributed by atoms with van der Waals surface area (Å²) in [6.45, 7) is 8.03. The lowest BCUT2D eigenvalue weighted by molar-refractivity contribution is -0.384. The maximum absolute atomic E-state index is 10.9. The standard InChI is InChI=1S/C12H18N2O2/c1-5-8-6-9(12(2,3)4)7-10(11(8)13)14(15)16/h6-7H,5,13H2,1-4H3. The van der Waals surface area contributed by atoms with Crippen LogP contribution in [0.1, 0.15) is 38.8 Å². The molecule has 0 heterocycles. The summed E-state index contributed by atoms with van der Waals surface area (Å²) in [6, 6.07) is 3.54. The molecular weight excluding hydrogens is 204 g/mol. The lowest BCUT2D eigenvalue weighted by atomic mass is 9.85. The van der Waals surface area contributed by atoms with Gasteiger partial charge in [-0.25, -0.2) is 0 Å². The summed E-state index contributed by atoms with van der Waals surface area (Å²) in [4.78, 5) is 10.5. The van der Waals surface area contributed by atoms with Crippen molar-refractivity contribution in [2.45, 2.75) is 39.5 Å². The minimum Gasteiger partial charge on any atom is -0.393 e. The number of hydrogen-bond donors (Lipinski definition) is 1. The molecule has 0 unspecified atom stereocenters.